The number of hydrogen-bond donors (Lipinski definition) is 2. The van der Waals surface area contributed by atoms with Gasteiger partial charge in [0.05, 0.1) is 0 Å². The van der Waals surface area contributed by atoms with Gasteiger partial charge in [-0.2, -0.15) is 0 Å². The monoisotopic (exact) mass is 334 g/mol. The third-order valence-electron chi connectivity index (χ3n) is 3.07. The van der Waals surface area contributed by atoms with Crippen LogP contribution in [-0.2, 0) is 5.60 Å². The second kappa shape index (κ2) is 6.32. The lowest BCUT2D eigenvalue weighted by Gasteiger charge is -2.25. The molecule has 2 N–H and O–H groups in total. The quantitative estimate of drug-likeness (QED) is 0.815. The summed E-state index contributed by atoms with van der Waals surface area (Å²) in [6, 6.07) is 13.6. The van der Waals surface area contributed by atoms with E-state index >= 15 is 0 Å². The average Bonchev–Trinajstić information content (AvgIpc) is 2.45. The van der Waals surface area contributed by atoms with Crippen LogP contribution in [-0.4, -0.2) is 15.8 Å². The van der Waals surface area contributed by atoms with Crippen LogP contribution in [0.5, 0.6) is 0 Å². The van der Waals surface area contributed by atoms with Crippen molar-refractivity contribution in [3.05, 3.63) is 69.7 Å². The molecule has 4 heteroatoms. The highest BCUT2D eigenvalue weighted by atomic mass is 35.5. The molecule has 0 radical (unpaired) electrons. The first-order chi connectivity index (χ1) is 10.2. The molecule has 0 aliphatic heterocycles. The minimum Gasteiger partial charge on any atom is -0.378 e. The van der Waals surface area contributed by atoms with Gasteiger partial charge in [-0.3, -0.25) is 0 Å². The van der Waals surface area contributed by atoms with Crippen LogP contribution in [0, 0.1) is 11.8 Å². The molecule has 0 fully saturated rings. The summed E-state index contributed by atoms with van der Waals surface area (Å²) in [5.41, 5.74) is -1.89. The van der Waals surface area contributed by atoms with Gasteiger partial charge in [-0.15, -0.1) is 0 Å². The topological polar surface area (TPSA) is 40.5 Å². The highest BCUT2D eigenvalue weighted by Gasteiger charge is 2.32. The fourth-order valence-corrected chi connectivity index (χ4v) is 2.38. The zero-order chi connectivity index (χ0) is 16.4. The van der Waals surface area contributed by atoms with Gasteiger partial charge in [-0.05, 0) is 32.0 Å². The minimum absolute atomic E-state index is 0.394. The standard InChI is InChI=1S/C18H16Cl2O2/c1-17(2,21)11-12-18(22,13-7-9-14(19)10-8-13)15-5-3-4-6-16(15)20/h3-10,21-22H,1-2H3. The van der Waals surface area contributed by atoms with E-state index in [9.17, 15) is 10.2 Å². The summed E-state index contributed by atoms with van der Waals surface area (Å²) >= 11 is 12.1. The fraction of sp³-hybridized carbons (Fsp3) is 0.222. The van der Waals surface area contributed by atoms with Gasteiger partial charge >= 0.3 is 0 Å². The molecular weight excluding hydrogens is 319 g/mol. The Bertz CT molecular complexity index is 721. The summed E-state index contributed by atoms with van der Waals surface area (Å²) in [6.45, 7) is 3.10. The SMILES string of the molecule is CC(C)(O)C#CC(O)(c1ccc(Cl)cc1)c1ccccc1Cl. The molecule has 2 rings (SSSR count). The van der Waals surface area contributed by atoms with E-state index < -0.39 is 11.2 Å². The molecule has 0 saturated carbocycles. The molecule has 1 atom stereocenters. The Kier molecular flexibility index (Phi) is 4.84. The number of hydrogen-bond acceptors (Lipinski definition) is 2. The molecule has 114 valence electrons. The van der Waals surface area contributed by atoms with E-state index in [1.54, 1.807) is 62.4 Å². The van der Waals surface area contributed by atoms with Crippen LogP contribution in [0.2, 0.25) is 10.0 Å². The first-order valence-electron chi connectivity index (χ1n) is 6.72. The summed E-state index contributed by atoms with van der Waals surface area (Å²) < 4.78 is 0. The van der Waals surface area contributed by atoms with Crippen molar-refractivity contribution in [1.29, 1.82) is 0 Å². The van der Waals surface area contributed by atoms with Gasteiger partial charge in [0, 0.05) is 21.2 Å². The van der Waals surface area contributed by atoms with E-state index in [0.717, 1.165) is 0 Å². The number of aliphatic hydroxyl groups is 2. The Hall–Kier alpha value is -1.50. The maximum atomic E-state index is 11.2. The van der Waals surface area contributed by atoms with Gasteiger partial charge in [0.1, 0.15) is 5.60 Å². The first-order valence-corrected chi connectivity index (χ1v) is 7.48. The lowest BCUT2D eigenvalue weighted by atomic mass is 9.86. The van der Waals surface area contributed by atoms with E-state index in [1.165, 1.54) is 0 Å². The molecule has 0 bridgehead atoms. The van der Waals surface area contributed by atoms with Crippen molar-refractivity contribution in [2.75, 3.05) is 0 Å². The van der Waals surface area contributed by atoms with E-state index in [-0.39, 0.29) is 0 Å². The van der Waals surface area contributed by atoms with E-state index in [4.69, 9.17) is 23.2 Å². The summed E-state index contributed by atoms with van der Waals surface area (Å²) in [7, 11) is 0. The Morgan fingerprint density at radius 1 is 0.864 bits per heavy atom. The zero-order valence-corrected chi connectivity index (χ0v) is 13.8. The molecule has 1 unspecified atom stereocenters. The van der Waals surface area contributed by atoms with Crippen LogP contribution >= 0.6 is 23.2 Å². The predicted molar refractivity (Wildman–Crippen MR) is 90.0 cm³/mol. The molecule has 0 aromatic heterocycles. The summed E-state index contributed by atoms with van der Waals surface area (Å²) in [4.78, 5) is 0. The molecule has 0 saturated heterocycles. The van der Waals surface area contributed by atoms with Gasteiger partial charge in [0.2, 0.25) is 0 Å². The maximum absolute atomic E-state index is 11.2. The van der Waals surface area contributed by atoms with Crippen molar-refractivity contribution in [2.24, 2.45) is 0 Å². The van der Waals surface area contributed by atoms with Crippen molar-refractivity contribution in [3.8, 4) is 11.8 Å². The Balaban J connectivity index is 2.66. The van der Waals surface area contributed by atoms with Crippen molar-refractivity contribution in [2.45, 2.75) is 25.0 Å². The third-order valence-corrected chi connectivity index (χ3v) is 3.66. The van der Waals surface area contributed by atoms with Crippen LogP contribution in [0.15, 0.2) is 48.5 Å². The van der Waals surface area contributed by atoms with E-state index in [2.05, 4.69) is 11.8 Å². The van der Waals surface area contributed by atoms with Crippen LogP contribution < -0.4 is 0 Å². The normalized spacial score (nSPS) is 13.9. The van der Waals surface area contributed by atoms with Gasteiger partial charge in [0.15, 0.2) is 5.60 Å². The van der Waals surface area contributed by atoms with E-state index in [1.807, 2.05) is 0 Å². The molecule has 0 amide bonds. The molecule has 0 aliphatic rings. The summed E-state index contributed by atoms with van der Waals surface area (Å²) in [6.07, 6.45) is 0. The second-order valence-electron chi connectivity index (χ2n) is 5.51. The zero-order valence-electron chi connectivity index (χ0n) is 12.3. The molecule has 2 aromatic rings. The summed E-state index contributed by atoms with van der Waals surface area (Å²) in [5.74, 6) is 5.42. The minimum atomic E-state index is -1.64. The van der Waals surface area contributed by atoms with Crippen molar-refractivity contribution < 1.29 is 10.2 Å². The Labute approximate surface area is 140 Å². The molecule has 0 spiro atoms. The van der Waals surface area contributed by atoms with E-state index in [0.29, 0.717) is 21.2 Å². The van der Waals surface area contributed by atoms with Crippen molar-refractivity contribution in [1.82, 2.24) is 0 Å². The predicted octanol–water partition coefficient (Wildman–Crippen LogP) is 4.00. The molecule has 22 heavy (non-hydrogen) atoms. The number of benzene rings is 2. The van der Waals surface area contributed by atoms with Crippen LogP contribution in [0.4, 0.5) is 0 Å². The van der Waals surface area contributed by atoms with Crippen molar-refractivity contribution >= 4 is 23.2 Å². The Morgan fingerprint density at radius 2 is 1.45 bits per heavy atom. The first kappa shape index (κ1) is 16.9. The molecule has 0 heterocycles. The second-order valence-corrected chi connectivity index (χ2v) is 6.35. The third kappa shape index (κ3) is 3.82. The molecule has 0 aliphatic carbocycles. The highest BCUT2D eigenvalue weighted by molar-refractivity contribution is 6.31. The maximum Gasteiger partial charge on any atom is 0.178 e. The average molecular weight is 335 g/mol. The molecular formula is C18H16Cl2O2. The lowest BCUT2D eigenvalue weighted by molar-refractivity contribution is 0.132. The summed E-state index contributed by atoms with van der Waals surface area (Å²) in [5, 5.41) is 22.0. The van der Waals surface area contributed by atoms with Crippen LogP contribution in [0.1, 0.15) is 25.0 Å². The largest absolute Gasteiger partial charge is 0.378 e. The lowest BCUT2D eigenvalue weighted by Crippen LogP contribution is -2.27. The smallest absolute Gasteiger partial charge is 0.178 e. The van der Waals surface area contributed by atoms with Crippen LogP contribution in [0.25, 0.3) is 0 Å². The fourth-order valence-electron chi connectivity index (χ4n) is 1.98. The molecule has 2 aromatic carbocycles. The molecule has 2 nitrogen and oxygen atoms in total. The highest BCUT2D eigenvalue weighted by Crippen LogP contribution is 2.34. The Morgan fingerprint density at radius 3 is 2.00 bits per heavy atom. The van der Waals surface area contributed by atoms with Gasteiger partial charge in [0.25, 0.3) is 0 Å². The van der Waals surface area contributed by atoms with Gasteiger partial charge < -0.3 is 10.2 Å². The number of halogens is 2. The van der Waals surface area contributed by atoms with Crippen molar-refractivity contribution in [3.63, 3.8) is 0 Å². The van der Waals surface area contributed by atoms with Crippen LogP contribution in [0.3, 0.4) is 0 Å². The van der Waals surface area contributed by atoms with Gasteiger partial charge in [-0.25, -0.2) is 0 Å². The van der Waals surface area contributed by atoms with Gasteiger partial charge in [-0.1, -0.05) is 65.4 Å². The number of rotatable bonds is 2.